The van der Waals surface area contributed by atoms with E-state index in [1.165, 1.54) is 44.9 Å². The molecule has 0 saturated heterocycles. The normalized spacial score (nSPS) is 52.8. The summed E-state index contributed by atoms with van der Waals surface area (Å²) in [7, 11) is 0. The lowest BCUT2D eigenvalue weighted by Crippen LogP contribution is -2.67. The molecule has 12 heteroatoms. The second kappa shape index (κ2) is 15.1. The summed E-state index contributed by atoms with van der Waals surface area (Å²) in [5.74, 6) is 2.28. The third kappa shape index (κ3) is 7.31. The van der Waals surface area contributed by atoms with Gasteiger partial charge in [0.05, 0.1) is 18.6 Å². The van der Waals surface area contributed by atoms with Gasteiger partial charge in [0.2, 0.25) is 0 Å². The Hall–Kier alpha value is -2.40. The Bertz CT molecular complexity index is 2020. The van der Waals surface area contributed by atoms with Gasteiger partial charge in [-0.15, -0.1) is 0 Å². The van der Waals surface area contributed by atoms with Gasteiger partial charge in [-0.2, -0.15) is 17.6 Å². The highest BCUT2D eigenvalue weighted by molar-refractivity contribution is 5.79. The molecule has 0 aromatic rings. The van der Waals surface area contributed by atoms with Gasteiger partial charge in [0.1, 0.15) is 11.2 Å². The van der Waals surface area contributed by atoms with E-state index in [9.17, 15) is 36.7 Å². The van der Waals surface area contributed by atoms with E-state index in [1.807, 2.05) is 0 Å². The molecule has 68 heavy (non-hydrogen) atoms. The van der Waals surface area contributed by atoms with E-state index in [2.05, 4.69) is 6.92 Å². The largest absolute Gasteiger partial charge is 0.461 e. The van der Waals surface area contributed by atoms with E-state index < -0.39 is 35.0 Å². The fourth-order valence-corrected chi connectivity index (χ4v) is 22.7. The molecule has 18 rings (SSSR count). The third-order valence-electron chi connectivity index (χ3n) is 23.3. The first-order valence-corrected chi connectivity index (χ1v) is 27.6. The van der Waals surface area contributed by atoms with Gasteiger partial charge in [0.25, 0.3) is 0 Å². The van der Waals surface area contributed by atoms with Crippen molar-refractivity contribution in [2.45, 2.75) is 191 Å². The summed E-state index contributed by atoms with van der Waals surface area (Å²) in [6.45, 7) is 3.62. The Balaban J connectivity index is 0.000000135. The molecule has 0 radical (unpaired) electrons. The van der Waals surface area contributed by atoms with E-state index in [0.29, 0.717) is 68.6 Å². The minimum atomic E-state index is -3.47. The quantitative estimate of drug-likeness (QED) is 0.115. The number of hydrogen-bond donors (Lipinski definition) is 0. The predicted molar refractivity (Wildman–Crippen MR) is 239 cm³/mol. The highest BCUT2D eigenvalue weighted by Gasteiger charge is 2.71. The molecule has 8 nitrogen and oxygen atoms in total. The van der Waals surface area contributed by atoms with Crippen LogP contribution in [0.1, 0.15) is 168 Å². The monoisotopic (exact) mass is 953 g/mol. The molecule has 18 bridgehead atoms. The number of alkyl halides is 4. The van der Waals surface area contributed by atoms with Crippen LogP contribution in [0.2, 0.25) is 0 Å². The van der Waals surface area contributed by atoms with Crippen LogP contribution in [-0.2, 0) is 38.1 Å². The summed E-state index contributed by atoms with van der Waals surface area (Å²) in [6, 6.07) is 0. The molecule has 0 aliphatic heterocycles. The first kappa shape index (κ1) is 45.5. The first-order chi connectivity index (χ1) is 32.1. The standard InChI is InChI=1S/C29H38F2O4.C27H38F2O4/c1-26(30,31)24(32)34-14-27-6-16-2-17(7-27)9-29(8-16,13-27)35-25(33)28-10-21-18-3-15-4-19(21)23(12-28)20(5-15)22(18)11-28;1-15-3-20-18-6-19(21(7-18)22(20)4-15)8-23(30)33-27-11-16-5-17(12-27)10-26(9-16,13-27)14-32-24(31)25(2,28)29/h15-23H,2-14H2,1H3;15-22H,3-14H2,1-2H3. The molecule has 18 aliphatic rings. The molecule has 18 saturated carbocycles. The predicted octanol–water partition coefficient (Wildman–Crippen LogP) is 11.6. The maximum atomic E-state index is 14.1. The average Bonchev–Trinajstić information content (AvgIpc) is 3.93. The lowest BCUT2D eigenvalue weighted by atomic mass is 9.33. The van der Waals surface area contributed by atoms with Crippen LogP contribution >= 0.6 is 0 Å². The van der Waals surface area contributed by atoms with Crippen LogP contribution in [0.5, 0.6) is 0 Å². The van der Waals surface area contributed by atoms with Gasteiger partial charge in [0.15, 0.2) is 0 Å². The number of esters is 4. The van der Waals surface area contributed by atoms with Crippen molar-refractivity contribution in [3.63, 3.8) is 0 Å². The maximum absolute atomic E-state index is 14.1. The van der Waals surface area contributed by atoms with E-state index in [-0.39, 0.29) is 41.4 Å². The van der Waals surface area contributed by atoms with Crippen molar-refractivity contribution in [1.29, 1.82) is 0 Å². The van der Waals surface area contributed by atoms with Crippen molar-refractivity contribution in [2.24, 2.45) is 117 Å². The van der Waals surface area contributed by atoms with Gasteiger partial charge >= 0.3 is 35.7 Å². The van der Waals surface area contributed by atoms with Gasteiger partial charge in [-0.05, 0) is 242 Å². The number of ether oxygens (including phenoxy) is 4. The topological polar surface area (TPSA) is 105 Å². The van der Waals surface area contributed by atoms with Gasteiger partial charge in [0, 0.05) is 31.1 Å². The van der Waals surface area contributed by atoms with Gasteiger partial charge in [-0.25, -0.2) is 9.59 Å². The van der Waals surface area contributed by atoms with Gasteiger partial charge in [-0.1, -0.05) is 6.92 Å². The van der Waals surface area contributed by atoms with Crippen LogP contribution in [0.3, 0.4) is 0 Å². The van der Waals surface area contributed by atoms with Crippen LogP contribution in [0, 0.1) is 117 Å². The van der Waals surface area contributed by atoms with E-state index >= 15 is 0 Å². The van der Waals surface area contributed by atoms with Crippen molar-refractivity contribution in [1.82, 2.24) is 0 Å². The molecule has 18 fully saturated rings. The van der Waals surface area contributed by atoms with E-state index in [4.69, 9.17) is 18.9 Å². The first-order valence-electron chi connectivity index (χ1n) is 27.6. The average molecular weight is 953 g/mol. The van der Waals surface area contributed by atoms with E-state index in [0.717, 1.165) is 149 Å². The Labute approximate surface area is 399 Å². The minimum Gasteiger partial charge on any atom is -0.461 e. The molecule has 0 N–H and O–H groups in total. The zero-order valence-corrected chi connectivity index (χ0v) is 40.8. The van der Waals surface area contributed by atoms with Crippen molar-refractivity contribution < 1.29 is 55.7 Å². The van der Waals surface area contributed by atoms with Crippen LogP contribution in [0.15, 0.2) is 0 Å². The summed E-state index contributed by atoms with van der Waals surface area (Å²) in [5, 5.41) is 0. The van der Waals surface area contributed by atoms with Gasteiger partial charge < -0.3 is 18.9 Å². The Morgan fingerprint density at radius 2 is 0.926 bits per heavy atom. The highest BCUT2D eigenvalue weighted by atomic mass is 19.3. The van der Waals surface area contributed by atoms with Crippen molar-refractivity contribution >= 4 is 23.9 Å². The summed E-state index contributed by atoms with van der Waals surface area (Å²) in [6.07, 6.45) is 23.8. The Morgan fingerprint density at radius 3 is 1.40 bits per heavy atom. The number of hydrogen-bond acceptors (Lipinski definition) is 8. The molecule has 10 unspecified atom stereocenters. The summed E-state index contributed by atoms with van der Waals surface area (Å²) < 4.78 is 76.9. The second-order valence-corrected chi connectivity index (χ2v) is 28.3. The van der Waals surface area contributed by atoms with E-state index in [1.54, 1.807) is 0 Å². The molecule has 0 spiro atoms. The number of halogens is 4. The van der Waals surface area contributed by atoms with Crippen LogP contribution in [0.25, 0.3) is 0 Å². The fraction of sp³-hybridized carbons (Fsp3) is 0.929. The third-order valence-corrected chi connectivity index (χ3v) is 23.3. The zero-order valence-electron chi connectivity index (χ0n) is 40.8. The molecule has 10 atom stereocenters. The lowest BCUT2D eigenvalue weighted by molar-refractivity contribution is -0.255. The Morgan fingerprint density at radius 1 is 0.485 bits per heavy atom. The Kier molecular flexibility index (Phi) is 10.1. The molecule has 0 heterocycles. The molecule has 376 valence electrons. The number of carbonyl (C=O) groups excluding carboxylic acids is 4. The molecular weight excluding hydrogens is 877 g/mol. The number of carbonyl (C=O) groups is 4. The smallest absolute Gasteiger partial charge is 0.376 e. The van der Waals surface area contributed by atoms with Crippen LogP contribution in [-0.4, -0.2) is 60.1 Å². The second-order valence-electron chi connectivity index (χ2n) is 28.3. The van der Waals surface area contributed by atoms with Crippen molar-refractivity contribution in [3.8, 4) is 0 Å². The zero-order chi connectivity index (χ0) is 47.1. The van der Waals surface area contributed by atoms with Crippen LogP contribution < -0.4 is 0 Å². The lowest BCUT2D eigenvalue weighted by Gasteiger charge is -2.72. The van der Waals surface area contributed by atoms with Crippen molar-refractivity contribution in [2.75, 3.05) is 13.2 Å². The number of fused-ring (bicyclic) bond motifs is 5. The van der Waals surface area contributed by atoms with Crippen molar-refractivity contribution in [3.05, 3.63) is 0 Å². The van der Waals surface area contributed by atoms with Crippen LogP contribution in [0.4, 0.5) is 17.6 Å². The number of rotatable bonds is 11. The summed E-state index contributed by atoms with van der Waals surface area (Å²) in [5.41, 5.74) is -1.87. The molecule has 0 aromatic heterocycles. The minimum absolute atomic E-state index is 0.0230. The fourth-order valence-electron chi connectivity index (χ4n) is 22.7. The SMILES string of the molecule is CC(F)(F)C(=O)OCC12CC3CC(C1)CC(OC(=O)C14CC5C6CC7CC5C(C1)C(C7)C6C4)(C3)C2.CC1CC2C3CC(CC(=O)OC45CC6CC(CC(COC(=O)C(C)(F)F)(C6)C4)C5)C(C3)C2C1. The summed E-state index contributed by atoms with van der Waals surface area (Å²) in [4.78, 5) is 50.9. The highest BCUT2D eigenvalue weighted by Crippen LogP contribution is 2.75. The maximum Gasteiger partial charge on any atom is 0.376 e. The molecule has 0 amide bonds. The molecular formula is C56H76F4O8. The molecule has 18 aliphatic carbocycles. The van der Waals surface area contributed by atoms with Gasteiger partial charge in [-0.3, -0.25) is 9.59 Å². The summed E-state index contributed by atoms with van der Waals surface area (Å²) >= 11 is 0. The molecule has 0 aromatic carbocycles.